The standard InChI is InChI=1S/C29H32N6O3/c1-18-27(32-24-9-4-20(15-30)5-10-24)25-14-22(23-16-31-34(17-23)13-12-33(3)29(37)38)8-11-26(25)35(19(2)36)28(18)21-6-7-21/h4-5,8-11,14,16-18,21,27-28,32H,6-7,12-13H2,1-3H3,(H,37,38)/t18-,27-,28-/m1/s1. The smallest absolute Gasteiger partial charge is 0.407 e. The van der Waals surface area contributed by atoms with Gasteiger partial charge in [-0.25, -0.2) is 4.79 Å². The molecule has 1 fully saturated rings. The molecule has 2 heterocycles. The molecule has 3 atom stereocenters. The van der Waals surface area contributed by atoms with Gasteiger partial charge in [-0.2, -0.15) is 10.4 Å². The van der Waals surface area contributed by atoms with Crippen molar-refractivity contribution >= 4 is 23.4 Å². The summed E-state index contributed by atoms with van der Waals surface area (Å²) in [7, 11) is 1.54. The Morgan fingerprint density at radius 1 is 1.18 bits per heavy atom. The minimum absolute atomic E-state index is 0.0293. The first-order valence-electron chi connectivity index (χ1n) is 12.9. The lowest BCUT2D eigenvalue weighted by atomic mass is 9.79. The quantitative estimate of drug-likeness (QED) is 0.462. The van der Waals surface area contributed by atoms with E-state index in [9.17, 15) is 14.9 Å². The highest BCUT2D eigenvalue weighted by atomic mass is 16.4. The number of aromatic nitrogens is 2. The number of hydrogen-bond acceptors (Lipinski definition) is 5. The van der Waals surface area contributed by atoms with E-state index in [-0.39, 0.29) is 23.9 Å². The molecule has 2 N–H and O–H groups in total. The minimum Gasteiger partial charge on any atom is -0.465 e. The Morgan fingerprint density at radius 3 is 2.55 bits per heavy atom. The maximum Gasteiger partial charge on any atom is 0.407 e. The molecule has 2 amide bonds. The van der Waals surface area contributed by atoms with Gasteiger partial charge in [0.05, 0.1) is 30.4 Å². The third-order valence-electron chi connectivity index (χ3n) is 7.72. The van der Waals surface area contributed by atoms with E-state index in [0.29, 0.717) is 24.6 Å². The number of carbonyl (C=O) groups excluding carboxylic acids is 1. The van der Waals surface area contributed by atoms with Crippen LogP contribution in [0.3, 0.4) is 0 Å². The molecule has 9 nitrogen and oxygen atoms in total. The fourth-order valence-electron chi connectivity index (χ4n) is 5.55. The van der Waals surface area contributed by atoms with Crippen molar-refractivity contribution in [2.45, 2.75) is 45.3 Å². The number of fused-ring (bicyclic) bond motifs is 1. The van der Waals surface area contributed by atoms with E-state index in [0.717, 1.165) is 40.9 Å². The summed E-state index contributed by atoms with van der Waals surface area (Å²) in [6.45, 7) is 4.65. The first kappa shape index (κ1) is 25.3. The third kappa shape index (κ3) is 4.94. The van der Waals surface area contributed by atoms with Gasteiger partial charge in [0.15, 0.2) is 0 Å². The van der Waals surface area contributed by atoms with Gasteiger partial charge in [-0.15, -0.1) is 0 Å². The molecule has 0 unspecified atom stereocenters. The number of nitrogens with zero attached hydrogens (tertiary/aromatic N) is 5. The van der Waals surface area contributed by atoms with Gasteiger partial charge in [0, 0.05) is 55.6 Å². The Morgan fingerprint density at radius 2 is 1.92 bits per heavy atom. The van der Waals surface area contributed by atoms with E-state index in [1.54, 1.807) is 17.8 Å². The molecule has 5 rings (SSSR count). The van der Waals surface area contributed by atoms with Gasteiger partial charge in [-0.3, -0.25) is 9.48 Å². The zero-order valence-corrected chi connectivity index (χ0v) is 21.8. The van der Waals surface area contributed by atoms with Gasteiger partial charge >= 0.3 is 6.09 Å². The van der Waals surface area contributed by atoms with E-state index < -0.39 is 6.09 Å². The number of nitrogens with one attached hydrogen (secondary N) is 1. The van der Waals surface area contributed by atoms with Crippen LogP contribution in [-0.2, 0) is 11.3 Å². The Bertz CT molecular complexity index is 1390. The van der Waals surface area contributed by atoms with Gasteiger partial charge in [-0.05, 0) is 66.3 Å². The van der Waals surface area contributed by atoms with Gasteiger partial charge in [0.1, 0.15) is 0 Å². The largest absolute Gasteiger partial charge is 0.465 e. The van der Waals surface area contributed by atoms with E-state index in [4.69, 9.17) is 5.11 Å². The molecule has 3 aromatic rings. The highest BCUT2D eigenvalue weighted by Gasteiger charge is 2.47. The molecule has 0 radical (unpaired) electrons. The lowest BCUT2D eigenvalue weighted by Crippen LogP contribution is -2.51. The van der Waals surface area contributed by atoms with Crippen molar-refractivity contribution in [1.29, 1.82) is 5.26 Å². The predicted molar refractivity (Wildman–Crippen MR) is 145 cm³/mol. The van der Waals surface area contributed by atoms with E-state index in [2.05, 4.69) is 29.5 Å². The maximum atomic E-state index is 12.9. The molecule has 196 valence electrons. The lowest BCUT2D eigenvalue weighted by molar-refractivity contribution is -0.117. The third-order valence-corrected chi connectivity index (χ3v) is 7.72. The van der Waals surface area contributed by atoms with Gasteiger partial charge in [0.25, 0.3) is 0 Å². The van der Waals surface area contributed by atoms with Gasteiger partial charge < -0.3 is 20.2 Å². The first-order valence-corrected chi connectivity index (χ1v) is 12.9. The minimum atomic E-state index is -0.971. The van der Waals surface area contributed by atoms with Crippen molar-refractivity contribution < 1.29 is 14.7 Å². The molecule has 2 aliphatic rings. The summed E-state index contributed by atoms with van der Waals surface area (Å²) in [4.78, 5) is 27.2. The SMILES string of the molecule is CC(=O)N1c2ccc(-c3cnn(CCN(C)C(=O)O)c3)cc2[C@H](Nc2ccc(C#N)cc2)[C@@H](C)[C@@H]1C1CC1. The molecular weight excluding hydrogens is 480 g/mol. The molecule has 1 aromatic heterocycles. The van der Waals surface area contributed by atoms with Crippen molar-refractivity contribution in [2.75, 3.05) is 23.8 Å². The van der Waals surface area contributed by atoms with Gasteiger partial charge in [0.2, 0.25) is 5.91 Å². The Balaban J connectivity index is 1.50. The number of nitriles is 1. The summed E-state index contributed by atoms with van der Waals surface area (Å²) in [6, 6.07) is 15.9. The predicted octanol–water partition coefficient (Wildman–Crippen LogP) is 4.97. The van der Waals surface area contributed by atoms with Crippen LogP contribution in [-0.4, -0.2) is 51.4 Å². The van der Waals surface area contributed by atoms with Crippen LogP contribution >= 0.6 is 0 Å². The molecule has 1 saturated carbocycles. The number of carbonyl (C=O) groups is 2. The molecule has 0 saturated heterocycles. The molecule has 2 aromatic carbocycles. The van der Waals surface area contributed by atoms with E-state index >= 15 is 0 Å². The second-order valence-electron chi connectivity index (χ2n) is 10.4. The summed E-state index contributed by atoms with van der Waals surface area (Å²) < 4.78 is 1.74. The number of rotatable bonds is 7. The monoisotopic (exact) mass is 512 g/mol. The number of hydrogen-bond donors (Lipinski definition) is 2. The van der Waals surface area contributed by atoms with Crippen molar-refractivity contribution in [3.8, 4) is 17.2 Å². The fourth-order valence-corrected chi connectivity index (χ4v) is 5.55. The van der Waals surface area contributed by atoms with Crippen LogP contribution in [0, 0.1) is 23.2 Å². The molecular formula is C29H32N6O3. The van der Waals surface area contributed by atoms with Crippen molar-refractivity contribution in [1.82, 2.24) is 14.7 Å². The summed E-state index contributed by atoms with van der Waals surface area (Å²) in [5.41, 5.74) is 5.42. The number of likely N-dealkylation sites (N-methyl/N-ethyl adjacent to an activating group) is 1. The van der Waals surface area contributed by atoms with Crippen molar-refractivity contribution in [2.24, 2.45) is 11.8 Å². The van der Waals surface area contributed by atoms with Gasteiger partial charge in [-0.1, -0.05) is 13.0 Å². The van der Waals surface area contributed by atoms with Crippen LogP contribution in [0.1, 0.15) is 43.9 Å². The summed E-state index contributed by atoms with van der Waals surface area (Å²) in [5, 5.41) is 26.4. The second kappa shape index (κ2) is 10.2. The number of benzene rings is 2. The highest BCUT2D eigenvalue weighted by Crippen LogP contribution is 2.50. The number of amides is 2. The average molecular weight is 513 g/mol. The van der Waals surface area contributed by atoms with Crippen molar-refractivity contribution in [3.63, 3.8) is 0 Å². The average Bonchev–Trinajstić information content (AvgIpc) is 3.64. The Hall–Kier alpha value is -4.32. The van der Waals surface area contributed by atoms with E-state index in [1.807, 2.05) is 47.5 Å². The Kier molecular flexibility index (Phi) is 6.81. The zero-order valence-electron chi connectivity index (χ0n) is 21.8. The van der Waals surface area contributed by atoms with Crippen LogP contribution in [0.4, 0.5) is 16.2 Å². The summed E-state index contributed by atoms with van der Waals surface area (Å²) in [6.07, 6.45) is 5.00. The second-order valence-corrected chi connectivity index (χ2v) is 10.4. The zero-order chi connectivity index (χ0) is 27.0. The topological polar surface area (TPSA) is 114 Å². The number of anilines is 2. The number of carboxylic acid groups (broad SMARTS) is 1. The molecule has 38 heavy (non-hydrogen) atoms. The van der Waals surface area contributed by atoms with Crippen LogP contribution < -0.4 is 10.2 Å². The van der Waals surface area contributed by atoms with Crippen LogP contribution in [0.25, 0.3) is 11.1 Å². The summed E-state index contributed by atoms with van der Waals surface area (Å²) in [5.74, 6) is 0.711. The van der Waals surface area contributed by atoms with Crippen LogP contribution in [0.15, 0.2) is 54.9 Å². The van der Waals surface area contributed by atoms with Crippen LogP contribution in [0.2, 0.25) is 0 Å². The Labute approximate surface area is 222 Å². The molecule has 0 bridgehead atoms. The molecule has 1 aliphatic carbocycles. The fraction of sp³-hybridized carbons (Fsp3) is 0.379. The molecule has 0 spiro atoms. The first-order chi connectivity index (χ1) is 18.3. The van der Waals surface area contributed by atoms with Crippen LogP contribution in [0.5, 0.6) is 0 Å². The maximum absolute atomic E-state index is 12.9. The normalized spacial score (nSPS) is 20.4. The van der Waals surface area contributed by atoms with E-state index in [1.165, 1.54) is 11.9 Å². The highest BCUT2D eigenvalue weighted by molar-refractivity contribution is 5.94. The molecule has 9 heteroatoms. The van der Waals surface area contributed by atoms with Crippen molar-refractivity contribution in [3.05, 3.63) is 66.0 Å². The lowest BCUT2D eigenvalue weighted by Gasteiger charge is -2.46. The summed E-state index contributed by atoms with van der Waals surface area (Å²) >= 11 is 0. The molecule has 1 aliphatic heterocycles.